The predicted molar refractivity (Wildman–Crippen MR) is 70.3 cm³/mol. The number of piperidine rings is 1. The molecule has 1 heterocycles. The molecule has 0 aromatic heterocycles. The smallest absolute Gasteiger partial charge is 0.279 e. The van der Waals surface area contributed by atoms with Crippen molar-refractivity contribution in [3.8, 4) is 0 Å². The summed E-state index contributed by atoms with van der Waals surface area (Å²) < 4.78 is 29.0. The zero-order valence-corrected chi connectivity index (χ0v) is 12.2. The van der Waals surface area contributed by atoms with Crippen LogP contribution in [-0.2, 0) is 10.2 Å². The highest BCUT2D eigenvalue weighted by atomic mass is 32.2. The molecule has 0 aromatic carbocycles. The van der Waals surface area contributed by atoms with Crippen LogP contribution in [0.2, 0.25) is 0 Å². The number of nitrogens with zero attached hydrogens (tertiary/aromatic N) is 1. The van der Waals surface area contributed by atoms with Crippen molar-refractivity contribution in [2.24, 2.45) is 5.41 Å². The molecule has 0 radical (unpaired) electrons. The van der Waals surface area contributed by atoms with Crippen LogP contribution < -0.4 is 4.72 Å². The van der Waals surface area contributed by atoms with Crippen LogP contribution in [0.1, 0.15) is 46.5 Å². The van der Waals surface area contributed by atoms with Crippen molar-refractivity contribution in [1.82, 2.24) is 9.03 Å². The van der Waals surface area contributed by atoms with Gasteiger partial charge >= 0.3 is 0 Å². The van der Waals surface area contributed by atoms with Gasteiger partial charge in [-0.25, -0.2) is 0 Å². The molecular formula is C12H24N2O3S. The first-order valence-electron chi connectivity index (χ1n) is 6.72. The maximum Gasteiger partial charge on any atom is 0.279 e. The van der Waals surface area contributed by atoms with Gasteiger partial charge in [-0.1, -0.05) is 20.3 Å². The molecule has 6 heteroatoms. The first kappa shape index (κ1) is 14.2. The van der Waals surface area contributed by atoms with E-state index in [-0.39, 0.29) is 17.5 Å². The highest BCUT2D eigenvalue weighted by Crippen LogP contribution is 2.41. The number of aliphatic hydroxyl groups is 1. The minimum Gasteiger partial charge on any atom is -0.392 e. The van der Waals surface area contributed by atoms with Gasteiger partial charge in [0.15, 0.2) is 0 Å². The number of hydrogen-bond acceptors (Lipinski definition) is 3. The summed E-state index contributed by atoms with van der Waals surface area (Å²) in [5.41, 5.74) is -0.369. The Kier molecular flexibility index (Phi) is 3.75. The molecule has 3 unspecified atom stereocenters. The predicted octanol–water partition coefficient (Wildman–Crippen LogP) is 0.855. The number of rotatable bonds is 3. The molecule has 0 spiro atoms. The van der Waals surface area contributed by atoms with E-state index in [9.17, 15) is 13.5 Å². The average Bonchev–Trinajstić information content (AvgIpc) is 2.29. The Morgan fingerprint density at radius 1 is 1.33 bits per heavy atom. The summed E-state index contributed by atoms with van der Waals surface area (Å²) in [7, 11) is -3.41. The maximum absolute atomic E-state index is 12.3. The minimum absolute atomic E-state index is 0.0735. The van der Waals surface area contributed by atoms with E-state index < -0.39 is 16.3 Å². The van der Waals surface area contributed by atoms with E-state index >= 15 is 0 Å². The van der Waals surface area contributed by atoms with Crippen molar-refractivity contribution in [3.05, 3.63) is 0 Å². The van der Waals surface area contributed by atoms with Crippen LogP contribution in [0.5, 0.6) is 0 Å². The van der Waals surface area contributed by atoms with E-state index in [0.717, 1.165) is 19.3 Å². The molecule has 18 heavy (non-hydrogen) atoms. The number of nitrogens with one attached hydrogen (secondary N) is 1. The van der Waals surface area contributed by atoms with Crippen LogP contribution in [0.25, 0.3) is 0 Å². The van der Waals surface area contributed by atoms with Crippen molar-refractivity contribution < 1.29 is 13.5 Å². The molecule has 0 bridgehead atoms. The van der Waals surface area contributed by atoms with Crippen molar-refractivity contribution in [2.75, 3.05) is 6.54 Å². The summed E-state index contributed by atoms with van der Waals surface area (Å²) >= 11 is 0. The third kappa shape index (κ3) is 2.43. The van der Waals surface area contributed by atoms with E-state index in [0.29, 0.717) is 13.0 Å². The standard InChI is InChI=1S/C12H24N2O3S/c1-9-6-4-5-7-14(9)18(16,17)13-10-8-11(15)12(10,2)3/h9-11,13,15H,4-8H2,1-3H3. The second-order valence-corrected chi connectivity index (χ2v) is 7.86. The van der Waals surface area contributed by atoms with Gasteiger partial charge in [-0.3, -0.25) is 0 Å². The van der Waals surface area contributed by atoms with E-state index in [1.807, 2.05) is 20.8 Å². The Labute approximate surface area is 110 Å². The molecule has 5 nitrogen and oxygen atoms in total. The van der Waals surface area contributed by atoms with Crippen molar-refractivity contribution >= 4 is 10.2 Å². The molecular weight excluding hydrogens is 252 g/mol. The van der Waals surface area contributed by atoms with Crippen LogP contribution in [0, 0.1) is 5.41 Å². The van der Waals surface area contributed by atoms with E-state index in [1.165, 1.54) is 0 Å². The minimum atomic E-state index is -3.41. The molecule has 2 aliphatic rings. The lowest BCUT2D eigenvalue weighted by molar-refractivity contribution is -0.0650. The second kappa shape index (κ2) is 4.74. The van der Waals surface area contributed by atoms with Crippen LogP contribution in [-0.4, -0.2) is 42.6 Å². The van der Waals surface area contributed by atoms with Gasteiger partial charge in [0, 0.05) is 24.0 Å². The Bertz CT molecular complexity index is 408. The van der Waals surface area contributed by atoms with Gasteiger partial charge in [0.05, 0.1) is 6.10 Å². The molecule has 1 saturated heterocycles. The Morgan fingerprint density at radius 2 is 2.00 bits per heavy atom. The highest BCUT2D eigenvalue weighted by Gasteiger charge is 2.49. The zero-order chi connectivity index (χ0) is 13.6. The molecule has 1 aliphatic heterocycles. The average molecular weight is 276 g/mol. The highest BCUT2D eigenvalue weighted by molar-refractivity contribution is 7.87. The number of hydrogen-bond donors (Lipinski definition) is 2. The van der Waals surface area contributed by atoms with Gasteiger partial charge in [0.2, 0.25) is 0 Å². The van der Waals surface area contributed by atoms with Gasteiger partial charge in [0.25, 0.3) is 10.2 Å². The van der Waals surface area contributed by atoms with Gasteiger partial charge in [-0.15, -0.1) is 0 Å². The lowest BCUT2D eigenvalue weighted by atomic mass is 9.65. The fourth-order valence-electron chi connectivity index (χ4n) is 2.78. The van der Waals surface area contributed by atoms with Crippen LogP contribution >= 0.6 is 0 Å². The largest absolute Gasteiger partial charge is 0.392 e. The Morgan fingerprint density at radius 3 is 2.50 bits per heavy atom. The second-order valence-electron chi connectivity index (χ2n) is 6.20. The maximum atomic E-state index is 12.3. The van der Waals surface area contributed by atoms with E-state index in [1.54, 1.807) is 4.31 Å². The Balaban J connectivity index is 2.04. The summed E-state index contributed by atoms with van der Waals surface area (Å²) in [6.45, 7) is 6.35. The quantitative estimate of drug-likeness (QED) is 0.803. The SMILES string of the molecule is CC1CCCCN1S(=O)(=O)NC1CC(O)C1(C)C. The first-order chi connectivity index (χ1) is 8.25. The van der Waals surface area contributed by atoms with Gasteiger partial charge in [-0.2, -0.15) is 17.4 Å². The van der Waals surface area contributed by atoms with Gasteiger partial charge < -0.3 is 5.11 Å². The first-order valence-corrected chi connectivity index (χ1v) is 8.16. The lowest BCUT2D eigenvalue weighted by Crippen LogP contribution is -2.63. The summed E-state index contributed by atoms with van der Waals surface area (Å²) in [4.78, 5) is 0. The normalized spacial score (nSPS) is 37.2. The molecule has 2 rings (SSSR count). The lowest BCUT2D eigenvalue weighted by Gasteiger charge is -2.49. The fraction of sp³-hybridized carbons (Fsp3) is 1.00. The molecule has 1 aliphatic carbocycles. The fourth-order valence-corrected chi connectivity index (χ4v) is 4.62. The third-order valence-corrected chi connectivity index (χ3v) is 6.30. The van der Waals surface area contributed by atoms with Crippen molar-refractivity contribution in [3.63, 3.8) is 0 Å². The van der Waals surface area contributed by atoms with Gasteiger partial charge in [-0.05, 0) is 26.2 Å². The molecule has 106 valence electrons. The molecule has 0 aromatic rings. The van der Waals surface area contributed by atoms with Crippen molar-refractivity contribution in [2.45, 2.75) is 64.6 Å². The Hall–Kier alpha value is -0.170. The molecule has 1 saturated carbocycles. The molecule has 0 amide bonds. The summed E-state index contributed by atoms with van der Waals surface area (Å²) in [5, 5.41) is 9.66. The molecule has 2 fully saturated rings. The van der Waals surface area contributed by atoms with Crippen molar-refractivity contribution in [1.29, 1.82) is 0 Å². The summed E-state index contributed by atoms with van der Waals surface area (Å²) in [6.07, 6.45) is 3.05. The number of aliphatic hydroxyl groups excluding tert-OH is 1. The topological polar surface area (TPSA) is 69.6 Å². The van der Waals surface area contributed by atoms with E-state index in [2.05, 4.69) is 4.72 Å². The third-order valence-electron chi connectivity index (χ3n) is 4.56. The summed E-state index contributed by atoms with van der Waals surface area (Å²) in [5.74, 6) is 0. The summed E-state index contributed by atoms with van der Waals surface area (Å²) in [6, 6.07) is -0.0870. The van der Waals surface area contributed by atoms with Crippen LogP contribution in [0.3, 0.4) is 0 Å². The molecule has 3 atom stereocenters. The monoisotopic (exact) mass is 276 g/mol. The van der Waals surface area contributed by atoms with Gasteiger partial charge in [0.1, 0.15) is 0 Å². The zero-order valence-electron chi connectivity index (χ0n) is 11.4. The molecule has 2 N–H and O–H groups in total. The van der Waals surface area contributed by atoms with Crippen LogP contribution in [0.15, 0.2) is 0 Å². The van der Waals surface area contributed by atoms with Crippen LogP contribution in [0.4, 0.5) is 0 Å². The van der Waals surface area contributed by atoms with E-state index in [4.69, 9.17) is 0 Å².